The molecule has 0 saturated heterocycles. The lowest BCUT2D eigenvalue weighted by molar-refractivity contribution is -0.127. The van der Waals surface area contributed by atoms with Crippen LogP contribution in [-0.4, -0.2) is 40.4 Å². The summed E-state index contributed by atoms with van der Waals surface area (Å²) in [4.78, 5) is 18.7. The van der Waals surface area contributed by atoms with Gasteiger partial charge in [0.2, 0.25) is 11.8 Å². The lowest BCUT2D eigenvalue weighted by Crippen LogP contribution is -2.31. The van der Waals surface area contributed by atoms with Gasteiger partial charge in [0.05, 0.1) is 18.0 Å². The van der Waals surface area contributed by atoms with Crippen LogP contribution in [0.15, 0.2) is 41.5 Å². The first-order valence-electron chi connectivity index (χ1n) is 11.5. The highest BCUT2D eigenvalue weighted by Gasteiger charge is 2.26. The summed E-state index contributed by atoms with van der Waals surface area (Å²) >= 11 is 1.63. The number of thioether (sulfide) groups is 1. The van der Waals surface area contributed by atoms with Crippen LogP contribution in [0.2, 0.25) is 0 Å². The Labute approximate surface area is 196 Å². The van der Waals surface area contributed by atoms with Gasteiger partial charge < -0.3 is 14.1 Å². The normalized spacial score (nSPS) is 19.5. The smallest absolute Gasteiger partial charge is 0.239 e. The van der Waals surface area contributed by atoms with Crippen molar-refractivity contribution in [2.45, 2.75) is 70.3 Å². The van der Waals surface area contributed by atoms with Gasteiger partial charge in [-0.1, -0.05) is 37.1 Å². The SMILES string of the molecule is C=CN(C)C(=O)C(CCC1CCCC(OCc2nc(-c3ccc(C)cc3)oc2C)C1)SC. The third-order valence-corrected chi connectivity index (χ3v) is 7.41. The average Bonchev–Trinajstić information content (AvgIpc) is 3.18. The summed E-state index contributed by atoms with van der Waals surface area (Å²) in [5, 5.41) is -0.00253. The quantitative estimate of drug-likeness (QED) is 0.429. The summed E-state index contributed by atoms with van der Waals surface area (Å²) in [5.74, 6) is 2.22. The highest BCUT2D eigenvalue weighted by atomic mass is 32.2. The summed E-state index contributed by atoms with van der Waals surface area (Å²) in [7, 11) is 1.78. The first kappa shape index (κ1) is 24.6. The van der Waals surface area contributed by atoms with E-state index in [-0.39, 0.29) is 17.3 Å². The molecular formula is C26H36N2O3S. The number of hydrogen-bond acceptors (Lipinski definition) is 5. The Balaban J connectivity index is 1.50. The molecule has 1 aromatic carbocycles. The highest BCUT2D eigenvalue weighted by Crippen LogP contribution is 2.32. The molecule has 174 valence electrons. The average molecular weight is 457 g/mol. The van der Waals surface area contributed by atoms with Gasteiger partial charge in [-0.15, -0.1) is 0 Å². The zero-order valence-electron chi connectivity index (χ0n) is 19.8. The van der Waals surface area contributed by atoms with Crippen LogP contribution in [0.25, 0.3) is 11.5 Å². The summed E-state index contributed by atoms with van der Waals surface area (Å²) in [6.07, 6.45) is 10.3. The predicted octanol–water partition coefficient (Wildman–Crippen LogP) is 6.15. The molecule has 0 spiro atoms. The van der Waals surface area contributed by atoms with Gasteiger partial charge in [-0.2, -0.15) is 11.8 Å². The van der Waals surface area contributed by atoms with Crippen molar-refractivity contribution in [3.63, 3.8) is 0 Å². The zero-order valence-corrected chi connectivity index (χ0v) is 20.6. The standard InChI is InChI=1S/C26H36N2O3S/c1-6-28(4)26(29)24(32-5)15-12-20-8-7-9-22(16-20)30-17-23-19(3)31-25(27-23)21-13-10-18(2)11-14-21/h6,10-11,13-14,20,22,24H,1,7-9,12,15-17H2,2-5H3. The minimum atomic E-state index is -0.00253. The molecule has 6 heteroatoms. The van der Waals surface area contributed by atoms with Crippen molar-refractivity contribution in [2.24, 2.45) is 5.92 Å². The van der Waals surface area contributed by atoms with E-state index in [2.05, 4.69) is 30.6 Å². The summed E-state index contributed by atoms with van der Waals surface area (Å²) in [6.45, 7) is 8.20. The van der Waals surface area contributed by atoms with Crippen molar-refractivity contribution in [3.8, 4) is 11.5 Å². The van der Waals surface area contributed by atoms with Crippen LogP contribution in [-0.2, 0) is 16.1 Å². The first-order valence-corrected chi connectivity index (χ1v) is 12.8. The number of aromatic nitrogens is 1. The number of aryl methyl sites for hydroxylation is 2. The third kappa shape index (κ3) is 6.48. The molecule has 1 aromatic heterocycles. The van der Waals surface area contributed by atoms with E-state index in [0.717, 1.165) is 42.7 Å². The Bertz CT molecular complexity index is 893. The summed E-state index contributed by atoms with van der Waals surface area (Å²) in [5.41, 5.74) is 3.08. The second-order valence-electron chi connectivity index (χ2n) is 8.79. The van der Waals surface area contributed by atoms with Gasteiger partial charge in [0, 0.05) is 12.6 Å². The number of hydrogen-bond donors (Lipinski definition) is 0. The monoisotopic (exact) mass is 456 g/mol. The maximum absolute atomic E-state index is 12.4. The second kappa shape index (κ2) is 11.7. The largest absolute Gasteiger partial charge is 0.441 e. The van der Waals surface area contributed by atoms with E-state index in [9.17, 15) is 4.79 Å². The number of rotatable bonds is 10. The van der Waals surface area contributed by atoms with E-state index in [1.54, 1.807) is 29.9 Å². The minimum Gasteiger partial charge on any atom is -0.441 e. The second-order valence-corrected chi connectivity index (χ2v) is 9.83. The molecule has 0 radical (unpaired) electrons. The topological polar surface area (TPSA) is 55.6 Å². The van der Waals surface area contributed by atoms with Crippen molar-refractivity contribution in [3.05, 3.63) is 54.1 Å². The Kier molecular flexibility index (Phi) is 9.00. The van der Waals surface area contributed by atoms with E-state index in [4.69, 9.17) is 9.15 Å². The summed E-state index contributed by atoms with van der Waals surface area (Å²) in [6, 6.07) is 8.21. The molecular weight excluding hydrogens is 420 g/mol. The summed E-state index contributed by atoms with van der Waals surface area (Å²) < 4.78 is 12.2. The number of amides is 1. The van der Waals surface area contributed by atoms with E-state index < -0.39 is 0 Å². The van der Waals surface area contributed by atoms with Crippen LogP contribution in [0.5, 0.6) is 0 Å². The van der Waals surface area contributed by atoms with E-state index in [0.29, 0.717) is 18.4 Å². The number of carbonyl (C=O) groups is 1. The van der Waals surface area contributed by atoms with Crippen LogP contribution >= 0.6 is 11.8 Å². The molecule has 32 heavy (non-hydrogen) atoms. The highest BCUT2D eigenvalue weighted by molar-refractivity contribution is 7.99. The van der Waals surface area contributed by atoms with Crippen molar-refractivity contribution >= 4 is 17.7 Å². The molecule has 0 bridgehead atoms. The van der Waals surface area contributed by atoms with Crippen LogP contribution in [0.4, 0.5) is 0 Å². The molecule has 5 nitrogen and oxygen atoms in total. The minimum absolute atomic E-state index is 0.00253. The predicted molar refractivity (Wildman–Crippen MR) is 131 cm³/mol. The van der Waals surface area contributed by atoms with Crippen molar-refractivity contribution in [1.82, 2.24) is 9.88 Å². The number of oxazole rings is 1. The Morgan fingerprint density at radius 3 is 2.78 bits per heavy atom. The zero-order chi connectivity index (χ0) is 23.1. The van der Waals surface area contributed by atoms with Gasteiger partial charge in [-0.25, -0.2) is 4.98 Å². The maximum atomic E-state index is 12.4. The van der Waals surface area contributed by atoms with Gasteiger partial charge in [-0.3, -0.25) is 4.79 Å². The fourth-order valence-corrected chi connectivity index (χ4v) is 5.02. The third-order valence-electron chi connectivity index (χ3n) is 6.40. The molecule has 3 atom stereocenters. The Hall–Kier alpha value is -2.05. The van der Waals surface area contributed by atoms with Gasteiger partial charge in [0.25, 0.3) is 0 Å². The number of nitrogens with zero attached hydrogens (tertiary/aromatic N) is 2. The Morgan fingerprint density at radius 2 is 2.09 bits per heavy atom. The van der Waals surface area contributed by atoms with Crippen molar-refractivity contribution in [1.29, 1.82) is 0 Å². The van der Waals surface area contributed by atoms with Gasteiger partial charge in [0.1, 0.15) is 11.5 Å². The van der Waals surface area contributed by atoms with Crippen LogP contribution in [0.3, 0.4) is 0 Å². The van der Waals surface area contributed by atoms with Gasteiger partial charge in [-0.05, 0) is 70.0 Å². The first-order chi connectivity index (χ1) is 15.4. The molecule has 1 aliphatic carbocycles. The van der Waals surface area contributed by atoms with E-state index in [1.807, 2.05) is 25.3 Å². The number of carbonyl (C=O) groups excluding carboxylic acids is 1. The molecule has 0 aliphatic heterocycles. The number of ether oxygens (including phenoxy) is 1. The van der Waals surface area contributed by atoms with Crippen LogP contribution in [0.1, 0.15) is 55.5 Å². The maximum Gasteiger partial charge on any atom is 0.239 e. The van der Waals surface area contributed by atoms with Gasteiger partial charge in [0.15, 0.2) is 0 Å². The molecule has 1 aliphatic rings. The van der Waals surface area contributed by atoms with Crippen molar-refractivity contribution in [2.75, 3.05) is 13.3 Å². The van der Waals surface area contributed by atoms with E-state index in [1.165, 1.54) is 18.4 Å². The molecule has 1 heterocycles. The molecule has 0 N–H and O–H groups in total. The molecule has 1 amide bonds. The van der Waals surface area contributed by atoms with Crippen LogP contribution in [0, 0.1) is 19.8 Å². The molecule has 1 saturated carbocycles. The van der Waals surface area contributed by atoms with Gasteiger partial charge >= 0.3 is 0 Å². The fourth-order valence-electron chi connectivity index (χ4n) is 4.28. The Morgan fingerprint density at radius 1 is 1.34 bits per heavy atom. The van der Waals surface area contributed by atoms with Crippen molar-refractivity contribution < 1.29 is 13.9 Å². The van der Waals surface area contributed by atoms with Crippen LogP contribution < -0.4 is 0 Å². The van der Waals surface area contributed by atoms with E-state index >= 15 is 0 Å². The fraction of sp³-hybridized carbons (Fsp3) is 0.538. The molecule has 2 aromatic rings. The molecule has 3 rings (SSSR count). The number of benzene rings is 1. The lowest BCUT2D eigenvalue weighted by Gasteiger charge is -2.30. The molecule has 1 fully saturated rings. The lowest BCUT2D eigenvalue weighted by atomic mass is 9.84. The molecule has 3 unspecified atom stereocenters.